The zero-order chi connectivity index (χ0) is 14.5. The molecule has 1 heterocycles. The van der Waals surface area contributed by atoms with E-state index >= 15 is 0 Å². The van der Waals surface area contributed by atoms with Gasteiger partial charge in [-0.1, -0.05) is 24.3 Å². The van der Waals surface area contributed by atoms with Crippen LogP contribution in [-0.4, -0.2) is 36.6 Å². The van der Waals surface area contributed by atoms with Gasteiger partial charge in [-0.3, -0.25) is 14.4 Å². The summed E-state index contributed by atoms with van der Waals surface area (Å²) < 4.78 is 0. The van der Waals surface area contributed by atoms with Gasteiger partial charge in [-0.25, -0.2) is 5.06 Å². The number of nitrogens with zero attached hydrogens (tertiary/aromatic N) is 1. The molecule has 1 saturated heterocycles. The highest BCUT2D eigenvalue weighted by Gasteiger charge is 2.22. The number of hydrogen-bond donors (Lipinski definition) is 1. The van der Waals surface area contributed by atoms with E-state index in [-0.39, 0.29) is 24.3 Å². The molecule has 0 bridgehead atoms. The first-order valence-electron chi connectivity index (χ1n) is 6.86. The molecule has 0 saturated carbocycles. The minimum absolute atomic E-state index is 0.0188. The van der Waals surface area contributed by atoms with Gasteiger partial charge in [0.25, 0.3) is 5.91 Å². The van der Waals surface area contributed by atoms with Gasteiger partial charge in [0.2, 0.25) is 5.91 Å². The number of hydrogen-bond acceptors (Lipinski definition) is 3. The van der Waals surface area contributed by atoms with Gasteiger partial charge in [-0.2, -0.15) is 0 Å². The van der Waals surface area contributed by atoms with Crippen LogP contribution in [-0.2, 0) is 14.4 Å². The van der Waals surface area contributed by atoms with E-state index in [9.17, 15) is 9.59 Å². The molecule has 108 valence electrons. The van der Waals surface area contributed by atoms with Crippen LogP contribution in [0.1, 0.15) is 30.4 Å². The Balaban J connectivity index is 1.88. The van der Waals surface area contributed by atoms with Crippen molar-refractivity contribution in [2.24, 2.45) is 0 Å². The van der Waals surface area contributed by atoms with Gasteiger partial charge in [-0.15, -0.1) is 0 Å². The maximum absolute atomic E-state index is 12.1. The molecule has 0 aliphatic carbocycles. The molecule has 0 spiro atoms. The summed E-state index contributed by atoms with van der Waals surface area (Å²) in [6, 6.07) is 7.76. The van der Waals surface area contributed by atoms with Crippen LogP contribution >= 0.6 is 0 Å². The van der Waals surface area contributed by atoms with Crippen LogP contribution < -0.4 is 5.32 Å². The number of carbonyl (C=O) groups is 2. The van der Waals surface area contributed by atoms with Gasteiger partial charge in [0, 0.05) is 0 Å². The van der Waals surface area contributed by atoms with Crippen LogP contribution in [0, 0.1) is 6.92 Å². The SMILES string of the molecule is Cc1ccccc1[C@@H](C)C(=O)NCC(=O)N1CCCO1. The standard InChI is InChI=1S/C15H20N2O3/c1-11-6-3-4-7-13(11)12(2)15(19)16-10-14(18)17-8-5-9-20-17/h3-4,6-7,12H,5,8-10H2,1-2H3,(H,16,19)/t12-/m1/s1. The van der Waals surface area contributed by atoms with Crippen molar-refractivity contribution in [2.45, 2.75) is 26.2 Å². The number of carbonyl (C=O) groups excluding carboxylic acids is 2. The van der Waals surface area contributed by atoms with E-state index in [1.54, 1.807) is 0 Å². The number of benzene rings is 1. The van der Waals surface area contributed by atoms with Crippen molar-refractivity contribution in [3.8, 4) is 0 Å². The van der Waals surface area contributed by atoms with Crippen LogP contribution in [0.15, 0.2) is 24.3 Å². The van der Waals surface area contributed by atoms with E-state index < -0.39 is 0 Å². The molecule has 0 unspecified atom stereocenters. The van der Waals surface area contributed by atoms with Crippen molar-refractivity contribution in [1.82, 2.24) is 10.4 Å². The topological polar surface area (TPSA) is 58.6 Å². The predicted octanol–water partition coefficient (Wildman–Crippen LogP) is 1.38. The molecule has 2 amide bonds. The fourth-order valence-electron chi connectivity index (χ4n) is 2.26. The second-order valence-electron chi connectivity index (χ2n) is 4.98. The fraction of sp³-hybridized carbons (Fsp3) is 0.467. The minimum Gasteiger partial charge on any atom is -0.346 e. The van der Waals surface area contributed by atoms with Crippen molar-refractivity contribution in [3.63, 3.8) is 0 Å². The molecule has 1 aromatic carbocycles. The third kappa shape index (κ3) is 3.36. The molecule has 1 fully saturated rings. The smallest absolute Gasteiger partial charge is 0.265 e. The molecule has 0 aromatic heterocycles. The summed E-state index contributed by atoms with van der Waals surface area (Å²) in [5.74, 6) is -0.622. The molecule has 1 atom stereocenters. The monoisotopic (exact) mass is 276 g/mol. The molecule has 20 heavy (non-hydrogen) atoms. The second kappa shape index (κ2) is 6.52. The zero-order valence-corrected chi connectivity index (χ0v) is 11.9. The quantitative estimate of drug-likeness (QED) is 0.904. The van der Waals surface area contributed by atoms with Gasteiger partial charge in [0.15, 0.2) is 0 Å². The van der Waals surface area contributed by atoms with Crippen molar-refractivity contribution >= 4 is 11.8 Å². The van der Waals surface area contributed by atoms with Crippen molar-refractivity contribution in [1.29, 1.82) is 0 Å². The summed E-state index contributed by atoms with van der Waals surface area (Å²) in [6.45, 7) is 4.97. The summed E-state index contributed by atoms with van der Waals surface area (Å²) in [4.78, 5) is 29.0. The zero-order valence-electron chi connectivity index (χ0n) is 11.9. The summed E-state index contributed by atoms with van der Waals surface area (Å²) in [6.07, 6.45) is 0.847. The van der Waals surface area contributed by atoms with Crippen LogP contribution in [0.4, 0.5) is 0 Å². The van der Waals surface area contributed by atoms with E-state index in [1.807, 2.05) is 38.1 Å². The first-order valence-corrected chi connectivity index (χ1v) is 6.86. The minimum atomic E-state index is -0.275. The number of amides is 2. The summed E-state index contributed by atoms with van der Waals surface area (Å²) in [5.41, 5.74) is 2.05. The van der Waals surface area contributed by atoms with E-state index in [2.05, 4.69) is 5.32 Å². The lowest BCUT2D eigenvalue weighted by molar-refractivity contribution is -0.168. The van der Waals surface area contributed by atoms with Crippen molar-refractivity contribution < 1.29 is 14.4 Å². The Morgan fingerprint density at radius 3 is 2.80 bits per heavy atom. The maximum atomic E-state index is 12.1. The number of aryl methyl sites for hydroxylation is 1. The Morgan fingerprint density at radius 1 is 1.40 bits per heavy atom. The van der Waals surface area contributed by atoms with Gasteiger partial charge in [-0.05, 0) is 31.4 Å². The number of rotatable bonds is 4. The Kier molecular flexibility index (Phi) is 4.74. The molecule has 1 aromatic rings. The predicted molar refractivity (Wildman–Crippen MR) is 74.9 cm³/mol. The molecule has 1 aliphatic heterocycles. The third-order valence-electron chi connectivity index (χ3n) is 3.49. The van der Waals surface area contributed by atoms with Crippen molar-refractivity contribution in [3.05, 3.63) is 35.4 Å². The van der Waals surface area contributed by atoms with Gasteiger partial charge in [0.1, 0.15) is 0 Å². The maximum Gasteiger partial charge on any atom is 0.265 e. The molecule has 1 aliphatic rings. The normalized spacial score (nSPS) is 16.0. The average Bonchev–Trinajstić information content (AvgIpc) is 2.98. The molecule has 5 heteroatoms. The van der Waals surface area contributed by atoms with Crippen LogP contribution in [0.5, 0.6) is 0 Å². The first kappa shape index (κ1) is 14.5. The van der Waals surface area contributed by atoms with E-state index in [4.69, 9.17) is 4.84 Å². The number of nitrogens with one attached hydrogen (secondary N) is 1. The highest BCUT2D eigenvalue weighted by Crippen LogP contribution is 2.19. The molecular formula is C15H20N2O3. The van der Waals surface area contributed by atoms with Crippen LogP contribution in [0.25, 0.3) is 0 Å². The molecule has 0 radical (unpaired) electrons. The second-order valence-corrected chi connectivity index (χ2v) is 4.98. The van der Waals surface area contributed by atoms with Gasteiger partial charge >= 0.3 is 0 Å². The first-order chi connectivity index (χ1) is 9.59. The van der Waals surface area contributed by atoms with Crippen LogP contribution in [0.2, 0.25) is 0 Å². The van der Waals surface area contributed by atoms with Crippen LogP contribution in [0.3, 0.4) is 0 Å². The Morgan fingerprint density at radius 2 is 2.15 bits per heavy atom. The molecule has 1 N–H and O–H groups in total. The Bertz CT molecular complexity index is 496. The summed E-state index contributed by atoms with van der Waals surface area (Å²) >= 11 is 0. The summed E-state index contributed by atoms with van der Waals surface area (Å²) in [5, 5.41) is 3.99. The summed E-state index contributed by atoms with van der Waals surface area (Å²) in [7, 11) is 0. The molecule has 2 rings (SSSR count). The highest BCUT2D eigenvalue weighted by molar-refractivity contribution is 5.88. The lowest BCUT2D eigenvalue weighted by Crippen LogP contribution is -2.39. The lowest BCUT2D eigenvalue weighted by atomic mass is 9.96. The molecular weight excluding hydrogens is 256 g/mol. The van der Waals surface area contributed by atoms with Crippen molar-refractivity contribution in [2.75, 3.05) is 19.7 Å². The van der Waals surface area contributed by atoms with Gasteiger partial charge < -0.3 is 5.32 Å². The average molecular weight is 276 g/mol. The van der Waals surface area contributed by atoms with E-state index in [1.165, 1.54) is 5.06 Å². The van der Waals surface area contributed by atoms with Gasteiger partial charge in [0.05, 0.1) is 25.6 Å². The highest BCUT2D eigenvalue weighted by atomic mass is 16.7. The van der Waals surface area contributed by atoms with E-state index in [0.717, 1.165) is 17.5 Å². The Hall–Kier alpha value is -1.88. The van der Waals surface area contributed by atoms with E-state index in [0.29, 0.717) is 13.2 Å². The Labute approximate surface area is 118 Å². The third-order valence-corrected chi connectivity index (χ3v) is 3.49. The molecule has 5 nitrogen and oxygen atoms in total. The number of hydroxylamine groups is 2. The largest absolute Gasteiger partial charge is 0.346 e. The fourth-order valence-corrected chi connectivity index (χ4v) is 2.26. The lowest BCUT2D eigenvalue weighted by Gasteiger charge is -2.17.